The van der Waals surface area contributed by atoms with Gasteiger partial charge >= 0.3 is 5.97 Å². The number of aliphatic hydroxyl groups is 1. The maximum Gasteiger partial charge on any atom is 0.330 e. The van der Waals surface area contributed by atoms with Gasteiger partial charge in [-0.25, -0.2) is 4.79 Å². The lowest BCUT2D eigenvalue weighted by molar-refractivity contribution is -0.182. The number of nitrogens with zero attached hydrogens (tertiary/aromatic N) is 1. The van der Waals surface area contributed by atoms with E-state index in [2.05, 4.69) is 10.8 Å². The third-order valence-electron chi connectivity index (χ3n) is 4.12. The van der Waals surface area contributed by atoms with Gasteiger partial charge in [0.25, 0.3) is 0 Å². The van der Waals surface area contributed by atoms with Gasteiger partial charge in [0.05, 0.1) is 38.1 Å². The van der Waals surface area contributed by atoms with Gasteiger partial charge in [0, 0.05) is 18.9 Å². The Balaban J connectivity index is 2.00. The summed E-state index contributed by atoms with van der Waals surface area (Å²) in [5.74, 6) is -0.431. The molecule has 0 aromatic heterocycles. The van der Waals surface area contributed by atoms with E-state index < -0.39 is 11.6 Å². The van der Waals surface area contributed by atoms with Gasteiger partial charge in [-0.05, 0) is 25.3 Å². The maximum absolute atomic E-state index is 11.1. The third-order valence-corrected chi connectivity index (χ3v) is 4.12. The smallest absolute Gasteiger partial charge is 0.330 e. The molecule has 0 saturated carbocycles. The second-order valence-corrected chi connectivity index (χ2v) is 5.49. The lowest BCUT2D eigenvalue weighted by atomic mass is 9.86. The van der Waals surface area contributed by atoms with Gasteiger partial charge in [0.15, 0.2) is 0 Å². The van der Waals surface area contributed by atoms with Crippen LogP contribution in [0.25, 0.3) is 0 Å². The van der Waals surface area contributed by atoms with Gasteiger partial charge in [-0.2, -0.15) is 5.26 Å². The Morgan fingerprint density at radius 2 is 2.38 bits per heavy atom. The van der Waals surface area contributed by atoms with Crippen LogP contribution in [0.1, 0.15) is 32.1 Å². The number of aliphatic hydroxyl groups excluding tert-OH is 1. The standard InChI is InChI=1S/C15H21NO5/c1-19-14(18)7-5-12-9-15(10-17)13(20-12)6-4-11(21-15)3-2-8-16/h5,7,11-13,17H,2-4,6,9-10H2,1H3/b7-5+/t11-,12?,13-,15+/m0/s1. The fourth-order valence-electron chi connectivity index (χ4n) is 3.04. The van der Waals surface area contributed by atoms with E-state index in [0.717, 1.165) is 12.8 Å². The predicted octanol–water partition coefficient (Wildman–Crippen LogP) is 1.09. The van der Waals surface area contributed by atoms with E-state index in [0.29, 0.717) is 19.3 Å². The van der Waals surface area contributed by atoms with Gasteiger partial charge in [-0.15, -0.1) is 0 Å². The van der Waals surface area contributed by atoms with E-state index in [1.54, 1.807) is 6.08 Å². The summed E-state index contributed by atoms with van der Waals surface area (Å²) in [4.78, 5) is 11.1. The van der Waals surface area contributed by atoms with Crippen LogP contribution in [0.5, 0.6) is 0 Å². The largest absolute Gasteiger partial charge is 0.466 e. The number of ether oxygens (including phenoxy) is 3. The molecule has 4 atom stereocenters. The van der Waals surface area contributed by atoms with Crippen LogP contribution in [-0.2, 0) is 19.0 Å². The summed E-state index contributed by atoms with van der Waals surface area (Å²) in [6.07, 6.45) is 5.77. The SMILES string of the molecule is COC(=O)/C=C/C1C[C@]2(CO)O[C@@H](CCC#N)CC[C@@H]2O1. The van der Waals surface area contributed by atoms with Gasteiger partial charge in [0.2, 0.25) is 0 Å². The molecule has 2 fully saturated rings. The molecule has 1 N–H and O–H groups in total. The molecule has 2 heterocycles. The summed E-state index contributed by atoms with van der Waals surface area (Å²) in [5, 5.41) is 18.4. The molecule has 2 saturated heterocycles. The predicted molar refractivity (Wildman–Crippen MR) is 73.2 cm³/mol. The average Bonchev–Trinajstić information content (AvgIpc) is 2.88. The van der Waals surface area contributed by atoms with Crippen molar-refractivity contribution in [2.45, 2.75) is 56.0 Å². The molecule has 21 heavy (non-hydrogen) atoms. The molecule has 0 aliphatic carbocycles. The molecule has 6 nitrogen and oxygen atoms in total. The summed E-state index contributed by atoms with van der Waals surface area (Å²) in [6, 6.07) is 2.12. The summed E-state index contributed by atoms with van der Waals surface area (Å²) < 4.78 is 16.4. The minimum absolute atomic E-state index is 0.0139. The van der Waals surface area contributed by atoms with Crippen LogP contribution in [0.2, 0.25) is 0 Å². The minimum atomic E-state index is -0.719. The Hall–Kier alpha value is -1.42. The number of nitriles is 1. The second-order valence-electron chi connectivity index (χ2n) is 5.49. The van der Waals surface area contributed by atoms with Crippen molar-refractivity contribution in [2.24, 2.45) is 0 Å². The van der Waals surface area contributed by atoms with Gasteiger partial charge in [-0.1, -0.05) is 0 Å². The molecular formula is C15H21NO5. The lowest BCUT2D eigenvalue weighted by Gasteiger charge is -2.40. The Morgan fingerprint density at radius 3 is 3.05 bits per heavy atom. The fourth-order valence-corrected chi connectivity index (χ4v) is 3.04. The Morgan fingerprint density at radius 1 is 1.57 bits per heavy atom. The first kappa shape index (κ1) is 16.0. The third kappa shape index (κ3) is 3.62. The van der Waals surface area contributed by atoms with E-state index >= 15 is 0 Å². The Labute approximate surface area is 124 Å². The van der Waals surface area contributed by atoms with E-state index in [-0.39, 0.29) is 24.9 Å². The molecule has 116 valence electrons. The minimum Gasteiger partial charge on any atom is -0.466 e. The monoisotopic (exact) mass is 295 g/mol. The van der Waals surface area contributed by atoms with Crippen LogP contribution in [0.3, 0.4) is 0 Å². The highest BCUT2D eigenvalue weighted by atomic mass is 16.6. The zero-order chi connectivity index (χ0) is 15.3. The molecule has 0 radical (unpaired) electrons. The van der Waals surface area contributed by atoms with Gasteiger partial charge < -0.3 is 19.3 Å². The molecule has 0 bridgehead atoms. The van der Waals surface area contributed by atoms with Crippen molar-refractivity contribution in [3.05, 3.63) is 12.2 Å². The van der Waals surface area contributed by atoms with Crippen LogP contribution >= 0.6 is 0 Å². The number of carbonyl (C=O) groups is 1. The van der Waals surface area contributed by atoms with Gasteiger partial charge in [-0.3, -0.25) is 0 Å². The molecule has 2 aliphatic heterocycles. The topological polar surface area (TPSA) is 88.8 Å². The number of methoxy groups -OCH3 is 1. The molecule has 6 heteroatoms. The summed E-state index contributed by atoms with van der Waals surface area (Å²) in [5.41, 5.74) is -0.719. The highest BCUT2D eigenvalue weighted by Crippen LogP contribution is 2.42. The Kier molecular flexibility index (Phi) is 5.34. The van der Waals surface area contributed by atoms with Crippen LogP contribution < -0.4 is 0 Å². The van der Waals surface area contributed by atoms with Crippen molar-refractivity contribution in [2.75, 3.05) is 13.7 Å². The highest BCUT2D eigenvalue weighted by Gasteiger charge is 2.52. The van der Waals surface area contributed by atoms with Crippen molar-refractivity contribution in [1.82, 2.24) is 0 Å². The van der Waals surface area contributed by atoms with E-state index in [4.69, 9.17) is 14.7 Å². The number of fused-ring (bicyclic) bond motifs is 1. The normalized spacial score (nSPS) is 35.4. The summed E-state index contributed by atoms with van der Waals surface area (Å²) in [6.45, 7) is -0.122. The number of hydrogen-bond acceptors (Lipinski definition) is 6. The number of hydrogen-bond donors (Lipinski definition) is 1. The van der Waals surface area contributed by atoms with E-state index in [1.165, 1.54) is 13.2 Å². The molecular weight excluding hydrogens is 274 g/mol. The quantitative estimate of drug-likeness (QED) is 0.603. The van der Waals surface area contributed by atoms with Crippen molar-refractivity contribution in [1.29, 1.82) is 5.26 Å². The fraction of sp³-hybridized carbons (Fsp3) is 0.733. The zero-order valence-electron chi connectivity index (χ0n) is 12.2. The first-order chi connectivity index (χ1) is 10.1. The molecule has 0 aromatic rings. The summed E-state index contributed by atoms with van der Waals surface area (Å²) >= 11 is 0. The maximum atomic E-state index is 11.1. The molecule has 0 spiro atoms. The van der Waals surface area contributed by atoms with Crippen molar-refractivity contribution in [3.8, 4) is 6.07 Å². The van der Waals surface area contributed by atoms with Gasteiger partial charge in [0.1, 0.15) is 5.60 Å². The number of carbonyl (C=O) groups excluding carboxylic acids is 1. The molecule has 1 unspecified atom stereocenters. The highest BCUT2D eigenvalue weighted by molar-refractivity contribution is 5.81. The first-order valence-corrected chi connectivity index (χ1v) is 7.21. The van der Waals surface area contributed by atoms with Crippen molar-refractivity contribution in [3.63, 3.8) is 0 Å². The molecule has 2 rings (SSSR count). The Bertz CT molecular complexity index is 444. The van der Waals surface area contributed by atoms with Crippen molar-refractivity contribution < 1.29 is 24.1 Å². The molecule has 2 aliphatic rings. The zero-order valence-corrected chi connectivity index (χ0v) is 12.2. The van der Waals surface area contributed by atoms with Crippen LogP contribution in [0.4, 0.5) is 0 Å². The lowest BCUT2D eigenvalue weighted by Crippen LogP contribution is -2.51. The molecule has 0 aromatic carbocycles. The second kappa shape index (κ2) is 7.03. The van der Waals surface area contributed by atoms with E-state index in [9.17, 15) is 9.90 Å². The van der Waals surface area contributed by atoms with Crippen molar-refractivity contribution >= 4 is 5.97 Å². The first-order valence-electron chi connectivity index (χ1n) is 7.21. The average molecular weight is 295 g/mol. The summed E-state index contributed by atoms with van der Waals surface area (Å²) in [7, 11) is 1.32. The van der Waals surface area contributed by atoms with Crippen LogP contribution in [0.15, 0.2) is 12.2 Å². The number of rotatable bonds is 5. The number of esters is 1. The van der Waals surface area contributed by atoms with Crippen LogP contribution in [0, 0.1) is 11.3 Å². The van der Waals surface area contributed by atoms with E-state index in [1.807, 2.05) is 0 Å². The molecule has 0 amide bonds. The van der Waals surface area contributed by atoms with Crippen LogP contribution in [-0.4, -0.2) is 48.7 Å².